The molecule has 0 saturated heterocycles. The Morgan fingerprint density at radius 1 is 0.950 bits per heavy atom. The van der Waals surface area contributed by atoms with E-state index in [9.17, 15) is 4.79 Å². The number of anilines is 1. The monoisotopic (exact) mass is 267 g/mol. The van der Waals surface area contributed by atoms with E-state index in [4.69, 9.17) is 0 Å². The van der Waals surface area contributed by atoms with Crippen molar-refractivity contribution in [2.45, 2.75) is 44.4 Å². The third-order valence-electron chi connectivity index (χ3n) is 6.49. The van der Waals surface area contributed by atoms with Crippen LogP contribution in [0.25, 0.3) is 0 Å². The summed E-state index contributed by atoms with van der Waals surface area (Å²) in [6.45, 7) is 0. The molecule has 4 saturated carbocycles. The minimum Gasteiger partial charge on any atom is -0.325 e. The highest BCUT2D eigenvalue weighted by molar-refractivity contribution is 6.03. The fourth-order valence-electron chi connectivity index (χ4n) is 6.35. The van der Waals surface area contributed by atoms with Crippen molar-refractivity contribution in [1.82, 2.24) is 0 Å². The van der Waals surface area contributed by atoms with E-state index >= 15 is 0 Å². The van der Waals surface area contributed by atoms with Crippen molar-refractivity contribution in [1.29, 1.82) is 0 Å². The molecule has 0 aromatic heterocycles. The summed E-state index contributed by atoms with van der Waals surface area (Å²) in [5.41, 5.74) is 2.63. The summed E-state index contributed by atoms with van der Waals surface area (Å²) in [7, 11) is 0. The Hall–Kier alpha value is -1.31. The first-order valence-corrected chi connectivity index (χ1v) is 8.13. The van der Waals surface area contributed by atoms with E-state index < -0.39 is 0 Å². The Labute approximate surface area is 119 Å². The number of benzene rings is 1. The van der Waals surface area contributed by atoms with Gasteiger partial charge in [0, 0.05) is 5.69 Å². The van der Waals surface area contributed by atoms with Gasteiger partial charge in [0.2, 0.25) is 5.91 Å². The lowest BCUT2D eigenvalue weighted by Gasteiger charge is -2.58. The molecule has 1 unspecified atom stereocenters. The molecule has 4 fully saturated rings. The van der Waals surface area contributed by atoms with E-state index in [1.165, 1.54) is 44.1 Å². The molecule has 1 N–H and O–H groups in total. The van der Waals surface area contributed by atoms with Crippen LogP contribution in [-0.4, -0.2) is 5.91 Å². The predicted molar refractivity (Wildman–Crippen MR) is 78.4 cm³/mol. The highest BCUT2D eigenvalue weighted by atomic mass is 16.2. The van der Waals surface area contributed by atoms with Crippen LogP contribution in [0.1, 0.15) is 50.0 Å². The number of hydrogen-bond donors (Lipinski definition) is 1. The summed E-state index contributed by atoms with van der Waals surface area (Å²) in [5, 5.41) is 3.13. The van der Waals surface area contributed by atoms with Gasteiger partial charge in [-0.1, -0.05) is 18.2 Å². The molecule has 104 valence electrons. The van der Waals surface area contributed by atoms with Crippen LogP contribution in [0.3, 0.4) is 0 Å². The van der Waals surface area contributed by atoms with Gasteiger partial charge in [0.25, 0.3) is 0 Å². The van der Waals surface area contributed by atoms with Crippen molar-refractivity contribution in [2.24, 2.45) is 23.2 Å². The van der Waals surface area contributed by atoms with Crippen LogP contribution >= 0.6 is 0 Å². The van der Waals surface area contributed by atoms with Gasteiger partial charge in [-0.05, 0) is 73.3 Å². The number of amides is 1. The Morgan fingerprint density at radius 2 is 1.55 bits per heavy atom. The van der Waals surface area contributed by atoms with Gasteiger partial charge in [-0.15, -0.1) is 0 Å². The van der Waals surface area contributed by atoms with Crippen molar-refractivity contribution >= 4 is 11.6 Å². The molecule has 0 spiro atoms. The molecule has 4 bridgehead atoms. The average Bonchev–Trinajstić information content (AvgIpc) is 2.73. The zero-order valence-corrected chi connectivity index (χ0v) is 11.8. The average molecular weight is 267 g/mol. The topological polar surface area (TPSA) is 29.1 Å². The molecule has 2 heteroatoms. The number of carbonyl (C=O) groups is 1. The second kappa shape index (κ2) is 3.66. The number of nitrogens with one attached hydrogen (secondary N) is 1. The Balaban J connectivity index is 1.61. The van der Waals surface area contributed by atoms with E-state index in [1.807, 2.05) is 6.07 Å². The second-order valence-corrected chi connectivity index (χ2v) is 7.79. The summed E-state index contributed by atoms with van der Waals surface area (Å²) in [6, 6.07) is 8.36. The maximum Gasteiger partial charge on any atom is 0.232 e. The zero-order valence-electron chi connectivity index (χ0n) is 11.8. The lowest BCUT2D eigenvalue weighted by atomic mass is 9.46. The highest BCUT2D eigenvalue weighted by Crippen LogP contribution is 2.65. The van der Waals surface area contributed by atoms with Gasteiger partial charge in [-0.2, -0.15) is 0 Å². The Kier molecular flexibility index (Phi) is 2.08. The molecule has 1 atom stereocenters. The Morgan fingerprint density at radius 3 is 2.20 bits per heavy atom. The van der Waals surface area contributed by atoms with Crippen molar-refractivity contribution in [2.75, 3.05) is 5.32 Å². The summed E-state index contributed by atoms with van der Waals surface area (Å²) in [5.74, 6) is 3.12. The lowest BCUT2D eigenvalue weighted by Crippen LogP contribution is -2.50. The first kappa shape index (κ1) is 11.4. The van der Waals surface area contributed by atoms with Gasteiger partial charge in [0.05, 0.1) is 5.92 Å². The van der Waals surface area contributed by atoms with Crippen LogP contribution in [0.15, 0.2) is 24.3 Å². The van der Waals surface area contributed by atoms with E-state index in [1.54, 1.807) is 0 Å². The third-order valence-corrected chi connectivity index (χ3v) is 6.49. The molecule has 5 aliphatic rings. The van der Waals surface area contributed by atoms with E-state index in [2.05, 4.69) is 23.5 Å². The number of rotatable bonds is 1. The maximum atomic E-state index is 12.6. The number of para-hydroxylation sites is 1. The molecule has 1 aliphatic heterocycles. The van der Waals surface area contributed by atoms with Crippen molar-refractivity contribution in [3.05, 3.63) is 29.8 Å². The largest absolute Gasteiger partial charge is 0.325 e. The van der Waals surface area contributed by atoms with Crippen molar-refractivity contribution in [3.8, 4) is 0 Å². The molecule has 1 aromatic rings. The normalized spacial score (nSPS) is 44.5. The molecular weight excluding hydrogens is 246 g/mol. The molecule has 1 heterocycles. The molecule has 0 radical (unpaired) electrons. The second-order valence-electron chi connectivity index (χ2n) is 7.79. The van der Waals surface area contributed by atoms with Crippen molar-refractivity contribution < 1.29 is 4.79 Å². The quantitative estimate of drug-likeness (QED) is 0.820. The van der Waals surface area contributed by atoms with Crippen molar-refractivity contribution in [3.63, 3.8) is 0 Å². The summed E-state index contributed by atoms with van der Waals surface area (Å²) < 4.78 is 0. The molecule has 2 nitrogen and oxygen atoms in total. The minimum absolute atomic E-state index is 0.132. The van der Waals surface area contributed by atoms with Gasteiger partial charge in [-0.25, -0.2) is 0 Å². The number of hydrogen-bond acceptors (Lipinski definition) is 1. The van der Waals surface area contributed by atoms with Crippen LogP contribution in [-0.2, 0) is 4.79 Å². The molecule has 20 heavy (non-hydrogen) atoms. The van der Waals surface area contributed by atoms with Crippen LogP contribution in [0, 0.1) is 23.2 Å². The summed E-state index contributed by atoms with van der Waals surface area (Å²) >= 11 is 0. The number of carbonyl (C=O) groups excluding carboxylic acids is 1. The van der Waals surface area contributed by atoms with Gasteiger partial charge in [0.15, 0.2) is 0 Å². The van der Waals surface area contributed by atoms with Gasteiger partial charge >= 0.3 is 0 Å². The molecule has 4 aliphatic carbocycles. The Bertz CT molecular complexity index is 556. The van der Waals surface area contributed by atoms with Gasteiger partial charge in [-0.3, -0.25) is 4.79 Å². The predicted octanol–water partition coefficient (Wildman–Crippen LogP) is 3.94. The fraction of sp³-hybridized carbons (Fsp3) is 0.611. The fourth-order valence-corrected chi connectivity index (χ4v) is 6.35. The van der Waals surface area contributed by atoms with E-state index in [0.29, 0.717) is 0 Å². The molecule has 6 rings (SSSR count). The van der Waals surface area contributed by atoms with Crippen LogP contribution < -0.4 is 5.32 Å². The minimum atomic E-state index is 0.132. The highest BCUT2D eigenvalue weighted by Gasteiger charge is 2.57. The summed E-state index contributed by atoms with van der Waals surface area (Å²) in [6.07, 6.45) is 8.21. The summed E-state index contributed by atoms with van der Waals surface area (Å²) in [4.78, 5) is 12.6. The first-order valence-electron chi connectivity index (χ1n) is 8.13. The van der Waals surface area contributed by atoms with E-state index in [-0.39, 0.29) is 17.2 Å². The maximum absolute atomic E-state index is 12.6. The zero-order chi connectivity index (χ0) is 13.3. The van der Waals surface area contributed by atoms with Crippen LogP contribution in [0.4, 0.5) is 5.69 Å². The number of fused-ring (bicyclic) bond motifs is 1. The van der Waals surface area contributed by atoms with Gasteiger partial charge in [0.1, 0.15) is 0 Å². The van der Waals surface area contributed by atoms with Gasteiger partial charge < -0.3 is 5.32 Å². The SMILES string of the molecule is O=C1Nc2ccccc2C1C12CC3CC(CC(C3)C1)C2. The van der Waals surface area contributed by atoms with Crippen LogP contribution in [0.2, 0.25) is 0 Å². The lowest BCUT2D eigenvalue weighted by molar-refractivity contribution is -0.127. The van der Waals surface area contributed by atoms with Crippen LogP contribution in [0.5, 0.6) is 0 Å². The standard InChI is InChI=1S/C18H21NO/c20-17-16(14-3-1-2-4-15(14)19-17)18-8-11-5-12(9-18)7-13(6-11)10-18/h1-4,11-13,16H,5-10H2,(H,19,20). The third kappa shape index (κ3) is 1.37. The smallest absolute Gasteiger partial charge is 0.232 e. The molecular formula is C18H21NO. The van der Waals surface area contributed by atoms with E-state index in [0.717, 1.165) is 23.4 Å². The molecule has 1 amide bonds. The first-order chi connectivity index (χ1) is 9.73. The molecule has 1 aromatic carbocycles.